The molecule has 1 amide bonds. The van der Waals surface area contributed by atoms with Crippen LogP contribution < -0.4 is 5.32 Å². The van der Waals surface area contributed by atoms with Gasteiger partial charge in [0.1, 0.15) is 5.82 Å². The zero-order chi connectivity index (χ0) is 14.5. The molecular formula is C15H19FN2O2. The van der Waals surface area contributed by atoms with Crippen molar-refractivity contribution in [2.45, 2.75) is 32.2 Å². The first-order chi connectivity index (χ1) is 9.63. The minimum atomic E-state index is -0.314. The molecule has 3 N–H and O–H groups in total. The lowest BCUT2D eigenvalue weighted by molar-refractivity contribution is -0.121. The molecule has 1 unspecified atom stereocenters. The Morgan fingerprint density at radius 3 is 3.00 bits per heavy atom. The van der Waals surface area contributed by atoms with Gasteiger partial charge in [-0.25, -0.2) is 4.39 Å². The van der Waals surface area contributed by atoms with Crippen LogP contribution >= 0.6 is 0 Å². The Bertz CT molecular complexity index is 595. The second kappa shape index (κ2) is 6.52. The van der Waals surface area contributed by atoms with E-state index in [1.807, 2.05) is 6.92 Å². The lowest BCUT2D eigenvalue weighted by Crippen LogP contribution is -2.36. The predicted octanol–water partition coefficient (Wildman–Crippen LogP) is 2.13. The van der Waals surface area contributed by atoms with Crippen LogP contribution in [0.2, 0.25) is 0 Å². The van der Waals surface area contributed by atoms with Crippen LogP contribution in [-0.4, -0.2) is 28.6 Å². The van der Waals surface area contributed by atoms with Gasteiger partial charge in [0.25, 0.3) is 0 Å². The Morgan fingerprint density at radius 2 is 2.30 bits per heavy atom. The molecule has 0 radical (unpaired) electrons. The predicted molar refractivity (Wildman–Crippen MR) is 75.9 cm³/mol. The number of nitrogens with one attached hydrogen (secondary N) is 2. The molecule has 5 heteroatoms. The van der Waals surface area contributed by atoms with Gasteiger partial charge in [-0.15, -0.1) is 0 Å². The fourth-order valence-electron chi connectivity index (χ4n) is 2.28. The molecule has 0 fully saturated rings. The summed E-state index contributed by atoms with van der Waals surface area (Å²) in [5.41, 5.74) is 1.59. The third kappa shape index (κ3) is 3.36. The number of hydrogen-bond acceptors (Lipinski definition) is 2. The highest BCUT2D eigenvalue weighted by molar-refractivity contribution is 5.89. The molecule has 0 saturated carbocycles. The second-order valence-corrected chi connectivity index (χ2v) is 4.87. The first-order valence-electron chi connectivity index (χ1n) is 6.79. The van der Waals surface area contributed by atoms with Crippen LogP contribution in [0.4, 0.5) is 4.39 Å². The van der Waals surface area contributed by atoms with Crippen LogP contribution in [-0.2, 0) is 11.2 Å². The van der Waals surface area contributed by atoms with E-state index < -0.39 is 0 Å². The molecule has 0 bridgehead atoms. The number of aromatic nitrogens is 1. The lowest BCUT2D eigenvalue weighted by Gasteiger charge is -2.15. The monoisotopic (exact) mass is 278 g/mol. The van der Waals surface area contributed by atoms with Gasteiger partial charge in [-0.1, -0.05) is 6.92 Å². The van der Waals surface area contributed by atoms with Crippen molar-refractivity contribution in [2.24, 2.45) is 0 Å². The summed E-state index contributed by atoms with van der Waals surface area (Å²) in [4.78, 5) is 15.0. The Morgan fingerprint density at radius 1 is 1.50 bits per heavy atom. The third-order valence-electron chi connectivity index (χ3n) is 3.42. The van der Waals surface area contributed by atoms with E-state index in [1.165, 1.54) is 12.1 Å². The van der Waals surface area contributed by atoms with E-state index in [0.29, 0.717) is 6.42 Å². The van der Waals surface area contributed by atoms with Gasteiger partial charge in [0, 0.05) is 29.7 Å². The summed E-state index contributed by atoms with van der Waals surface area (Å²) in [6.07, 6.45) is 3.25. The summed E-state index contributed by atoms with van der Waals surface area (Å²) in [6, 6.07) is 4.46. The first-order valence-corrected chi connectivity index (χ1v) is 6.79. The maximum Gasteiger partial charge on any atom is 0.224 e. The molecule has 0 saturated heterocycles. The number of halogens is 1. The number of rotatable bonds is 6. The van der Waals surface area contributed by atoms with Crippen molar-refractivity contribution in [3.63, 3.8) is 0 Å². The van der Waals surface area contributed by atoms with Crippen molar-refractivity contribution in [1.82, 2.24) is 10.3 Å². The standard InChI is InChI=1S/C15H19FN2O2/c1-2-12(5-6-19)18-15(20)7-10-9-17-14-4-3-11(16)8-13(10)14/h3-4,8-9,12,17,19H,2,5-7H2,1H3,(H,18,20). The number of carbonyl (C=O) groups is 1. The van der Waals surface area contributed by atoms with Crippen LogP contribution in [0.25, 0.3) is 10.9 Å². The summed E-state index contributed by atoms with van der Waals surface area (Å²) in [6.45, 7) is 2.01. The molecule has 0 aliphatic heterocycles. The van der Waals surface area contributed by atoms with Crippen LogP contribution in [0.5, 0.6) is 0 Å². The number of aliphatic hydroxyl groups excluding tert-OH is 1. The molecule has 1 heterocycles. The zero-order valence-corrected chi connectivity index (χ0v) is 11.4. The number of benzene rings is 1. The van der Waals surface area contributed by atoms with Gasteiger partial charge in [0.15, 0.2) is 0 Å². The van der Waals surface area contributed by atoms with E-state index in [0.717, 1.165) is 22.9 Å². The highest BCUT2D eigenvalue weighted by Gasteiger charge is 2.13. The normalized spacial score (nSPS) is 12.6. The molecule has 1 aromatic carbocycles. The maximum atomic E-state index is 13.3. The van der Waals surface area contributed by atoms with Crippen molar-refractivity contribution < 1.29 is 14.3 Å². The minimum absolute atomic E-state index is 0.0190. The largest absolute Gasteiger partial charge is 0.396 e. The Kier molecular flexibility index (Phi) is 4.74. The smallest absolute Gasteiger partial charge is 0.224 e. The van der Waals surface area contributed by atoms with Gasteiger partial charge in [-0.05, 0) is 36.6 Å². The highest BCUT2D eigenvalue weighted by Crippen LogP contribution is 2.19. The molecule has 2 rings (SSSR count). The highest BCUT2D eigenvalue weighted by atomic mass is 19.1. The zero-order valence-electron chi connectivity index (χ0n) is 11.4. The number of hydrogen-bond donors (Lipinski definition) is 3. The average Bonchev–Trinajstić information content (AvgIpc) is 2.80. The molecule has 20 heavy (non-hydrogen) atoms. The van der Waals surface area contributed by atoms with Crippen LogP contribution in [0, 0.1) is 5.82 Å². The minimum Gasteiger partial charge on any atom is -0.396 e. The van der Waals surface area contributed by atoms with E-state index in [4.69, 9.17) is 5.11 Å². The first kappa shape index (κ1) is 14.5. The van der Waals surface area contributed by atoms with Crippen molar-refractivity contribution in [1.29, 1.82) is 0 Å². The fraction of sp³-hybridized carbons (Fsp3) is 0.400. The van der Waals surface area contributed by atoms with Crippen molar-refractivity contribution in [2.75, 3.05) is 6.61 Å². The van der Waals surface area contributed by atoms with E-state index in [9.17, 15) is 9.18 Å². The number of carbonyl (C=O) groups excluding carboxylic acids is 1. The summed E-state index contributed by atoms with van der Waals surface area (Å²) >= 11 is 0. The second-order valence-electron chi connectivity index (χ2n) is 4.87. The molecule has 4 nitrogen and oxygen atoms in total. The third-order valence-corrected chi connectivity index (χ3v) is 3.42. The van der Waals surface area contributed by atoms with Crippen molar-refractivity contribution in [3.8, 4) is 0 Å². The molecule has 1 aromatic heterocycles. The van der Waals surface area contributed by atoms with E-state index in [1.54, 1.807) is 12.3 Å². The number of H-pyrrole nitrogens is 1. The molecule has 1 atom stereocenters. The topological polar surface area (TPSA) is 65.1 Å². The van der Waals surface area contributed by atoms with Gasteiger partial charge in [-0.3, -0.25) is 4.79 Å². The maximum absolute atomic E-state index is 13.3. The van der Waals surface area contributed by atoms with E-state index in [2.05, 4.69) is 10.3 Å². The quantitative estimate of drug-likeness (QED) is 0.758. The summed E-state index contributed by atoms with van der Waals surface area (Å²) < 4.78 is 13.3. The van der Waals surface area contributed by atoms with Crippen molar-refractivity contribution in [3.05, 3.63) is 35.8 Å². The van der Waals surface area contributed by atoms with E-state index in [-0.39, 0.29) is 30.8 Å². The SMILES string of the molecule is CCC(CCO)NC(=O)Cc1c[nH]c2ccc(F)cc12. The fourth-order valence-corrected chi connectivity index (χ4v) is 2.28. The molecular weight excluding hydrogens is 259 g/mol. The molecule has 0 aliphatic rings. The summed E-state index contributed by atoms with van der Waals surface area (Å²) in [7, 11) is 0. The van der Waals surface area contributed by atoms with Gasteiger partial charge < -0.3 is 15.4 Å². The van der Waals surface area contributed by atoms with Crippen LogP contribution in [0.3, 0.4) is 0 Å². The van der Waals surface area contributed by atoms with Gasteiger partial charge >= 0.3 is 0 Å². The molecule has 108 valence electrons. The lowest BCUT2D eigenvalue weighted by atomic mass is 10.1. The molecule has 0 spiro atoms. The number of amides is 1. The molecule has 0 aliphatic carbocycles. The Balaban J connectivity index is 2.08. The Hall–Kier alpha value is -1.88. The van der Waals surface area contributed by atoms with Gasteiger partial charge in [-0.2, -0.15) is 0 Å². The molecule has 2 aromatic rings. The van der Waals surface area contributed by atoms with E-state index >= 15 is 0 Å². The Labute approximate surface area is 117 Å². The van der Waals surface area contributed by atoms with Gasteiger partial charge in [0.2, 0.25) is 5.91 Å². The number of aromatic amines is 1. The van der Waals surface area contributed by atoms with Crippen LogP contribution in [0.1, 0.15) is 25.3 Å². The van der Waals surface area contributed by atoms with Crippen LogP contribution in [0.15, 0.2) is 24.4 Å². The van der Waals surface area contributed by atoms with Gasteiger partial charge in [0.05, 0.1) is 6.42 Å². The number of aliphatic hydroxyl groups is 1. The summed E-state index contributed by atoms with van der Waals surface area (Å²) in [5, 5.41) is 12.5. The summed E-state index contributed by atoms with van der Waals surface area (Å²) in [5.74, 6) is -0.430. The number of fused-ring (bicyclic) bond motifs is 1. The average molecular weight is 278 g/mol. The van der Waals surface area contributed by atoms with Crippen molar-refractivity contribution >= 4 is 16.8 Å².